The first-order chi connectivity index (χ1) is 10.1. The van der Waals surface area contributed by atoms with E-state index in [1.165, 1.54) is 0 Å². The average Bonchev–Trinajstić information content (AvgIpc) is 2.80. The number of phenolic OH excluding ortho intramolecular Hbond substituents is 1. The highest BCUT2D eigenvalue weighted by atomic mass is 16.4. The van der Waals surface area contributed by atoms with Crippen LogP contribution in [-0.4, -0.2) is 16.6 Å². The summed E-state index contributed by atoms with van der Waals surface area (Å²) in [5.74, 6) is -0.240. The summed E-state index contributed by atoms with van der Waals surface area (Å²) in [6.45, 7) is 0.683. The molecule has 0 aliphatic carbocycles. The minimum atomic E-state index is -0.495. The maximum absolute atomic E-state index is 11.1. The molecule has 1 heterocycles. The third kappa shape index (κ3) is 2.84. The Morgan fingerprint density at radius 2 is 2.00 bits per heavy atom. The third-order valence-corrected chi connectivity index (χ3v) is 3.26. The predicted molar refractivity (Wildman–Crippen MR) is 81.5 cm³/mol. The van der Waals surface area contributed by atoms with Gasteiger partial charge in [0.25, 0.3) is 0 Å². The highest BCUT2D eigenvalue weighted by molar-refractivity contribution is 5.85. The quantitative estimate of drug-likeness (QED) is 0.549. The summed E-state index contributed by atoms with van der Waals surface area (Å²) >= 11 is 0. The summed E-state index contributed by atoms with van der Waals surface area (Å²) in [4.78, 5) is 13.7. The lowest BCUT2D eigenvalue weighted by Gasteiger charge is -2.09. The molecule has 0 saturated heterocycles. The number of hydrogen-bond acceptors (Lipinski definition) is 5. The summed E-state index contributed by atoms with van der Waals surface area (Å²) < 4.78 is 4.95. The van der Waals surface area contributed by atoms with Crippen molar-refractivity contribution in [3.8, 4) is 5.75 Å². The lowest BCUT2D eigenvalue weighted by molar-refractivity contribution is 0.475. The van der Waals surface area contributed by atoms with Crippen LogP contribution in [0.1, 0.15) is 5.56 Å². The van der Waals surface area contributed by atoms with Gasteiger partial charge < -0.3 is 20.6 Å². The van der Waals surface area contributed by atoms with Gasteiger partial charge in [-0.3, -0.25) is 4.98 Å². The van der Waals surface area contributed by atoms with E-state index in [0.29, 0.717) is 23.3 Å². The molecule has 0 saturated carbocycles. The van der Waals surface area contributed by atoms with Crippen molar-refractivity contribution in [2.45, 2.75) is 6.42 Å². The number of nitrogen functional groups attached to an aromatic ring is 1. The lowest BCUT2D eigenvalue weighted by atomic mass is 10.1. The van der Waals surface area contributed by atoms with E-state index in [1.807, 2.05) is 12.1 Å². The predicted octanol–water partition coefficient (Wildman–Crippen LogP) is 2.06. The van der Waals surface area contributed by atoms with Crippen LogP contribution in [0, 0.1) is 0 Å². The second-order valence-corrected chi connectivity index (χ2v) is 4.79. The molecule has 21 heavy (non-hydrogen) atoms. The number of hydrogen-bond donors (Lipinski definition) is 4. The summed E-state index contributed by atoms with van der Waals surface area (Å²) in [6, 6.07) is 10.4. The molecule has 2 aromatic carbocycles. The Balaban J connectivity index is 1.71. The minimum Gasteiger partial charge on any atom is -0.508 e. The second-order valence-electron chi connectivity index (χ2n) is 4.79. The molecule has 0 aliphatic heterocycles. The largest absolute Gasteiger partial charge is 0.508 e. The van der Waals surface area contributed by atoms with Crippen molar-refractivity contribution in [3.05, 3.63) is 52.5 Å². The Hall–Kier alpha value is -2.89. The van der Waals surface area contributed by atoms with Crippen LogP contribution >= 0.6 is 0 Å². The van der Waals surface area contributed by atoms with Crippen molar-refractivity contribution in [3.63, 3.8) is 0 Å². The zero-order valence-electron chi connectivity index (χ0n) is 11.2. The fourth-order valence-electron chi connectivity index (χ4n) is 2.17. The van der Waals surface area contributed by atoms with Gasteiger partial charge in [-0.05, 0) is 30.2 Å². The van der Waals surface area contributed by atoms with Crippen LogP contribution < -0.4 is 16.8 Å². The lowest BCUT2D eigenvalue weighted by Crippen LogP contribution is -2.06. The SMILES string of the molecule is Nc1cc2oc(=O)[nH]c2cc1NCCc1ccc(O)cc1. The number of aromatic nitrogens is 1. The van der Waals surface area contributed by atoms with Crippen molar-refractivity contribution in [1.29, 1.82) is 0 Å². The molecule has 5 N–H and O–H groups in total. The number of aromatic amines is 1. The van der Waals surface area contributed by atoms with E-state index in [9.17, 15) is 9.90 Å². The number of fused-ring (bicyclic) bond motifs is 1. The number of oxazole rings is 1. The molecular weight excluding hydrogens is 270 g/mol. The topological polar surface area (TPSA) is 104 Å². The number of rotatable bonds is 4. The Bertz CT molecular complexity index is 818. The average molecular weight is 285 g/mol. The van der Waals surface area contributed by atoms with Gasteiger partial charge in [-0.1, -0.05) is 12.1 Å². The molecular formula is C15H15N3O3. The van der Waals surface area contributed by atoms with E-state index in [-0.39, 0.29) is 5.75 Å². The van der Waals surface area contributed by atoms with E-state index in [4.69, 9.17) is 10.2 Å². The molecule has 0 unspecified atom stereocenters. The Labute approximate surface area is 120 Å². The molecule has 0 amide bonds. The van der Waals surface area contributed by atoms with E-state index in [1.54, 1.807) is 24.3 Å². The van der Waals surface area contributed by atoms with E-state index < -0.39 is 5.76 Å². The highest BCUT2D eigenvalue weighted by Crippen LogP contribution is 2.24. The number of nitrogens with two attached hydrogens (primary N) is 1. The normalized spacial score (nSPS) is 10.9. The molecule has 108 valence electrons. The van der Waals surface area contributed by atoms with Crippen molar-refractivity contribution in [1.82, 2.24) is 4.98 Å². The Kier molecular flexibility index (Phi) is 3.27. The molecule has 0 aliphatic rings. The molecule has 6 heteroatoms. The summed E-state index contributed by atoms with van der Waals surface area (Å²) in [5, 5.41) is 12.5. The van der Waals surface area contributed by atoms with Crippen LogP contribution in [0.4, 0.5) is 11.4 Å². The zero-order chi connectivity index (χ0) is 14.8. The van der Waals surface area contributed by atoms with Crippen LogP contribution in [0.25, 0.3) is 11.1 Å². The van der Waals surface area contributed by atoms with Gasteiger partial charge in [0, 0.05) is 12.6 Å². The van der Waals surface area contributed by atoms with Crippen molar-refractivity contribution in [2.24, 2.45) is 0 Å². The number of benzene rings is 2. The van der Waals surface area contributed by atoms with Crippen LogP contribution in [-0.2, 0) is 6.42 Å². The van der Waals surface area contributed by atoms with Gasteiger partial charge in [0.1, 0.15) is 5.75 Å². The van der Waals surface area contributed by atoms with Crippen molar-refractivity contribution < 1.29 is 9.52 Å². The molecule has 3 aromatic rings. The van der Waals surface area contributed by atoms with Gasteiger partial charge in [-0.2, -0.15) is 0 Å². The van der Waals surface area contributed by atoms with Crippen LogP contribution in [0.5, 0.6) is 5.75 Å². The summed E-state index contributed by atoms with van der Waals surface area (Å²) in [5.41, 5.74) is 9.36. The van der Waals surface area contributed by atoms with Gasteiger partial charge in [0.15, 0.2) is 5.58 Å². The fraction of sp³-hybridized carbons (Fsp3) is 0.133. The van der Waals surface area contributed by atoms with Crippen LogP contribution in [0.2, 0.25) is 0 Å². The van der Waals surface area contributed by atoms with E-state index >= 15 is 0 Å². The maximum Gasteiger partial charge on any atom is 0.417 e. The van der Waals surface area contributed by atoms with Gasteiger partial charge >= 0.3 is 5.76 Å². The van der Waals surface area contributed by atoms with Gasteiger partial charge in [0.2, 0.25) is 0 Å². The monoisotopic (exact) mass is 285 g/mol. The minimum absolute atomic E-state index is 0.255. The first-order valence-corrected chi connectivity index (χ1v) is 6.56. The molecule has 0 spiro atoms. The Morgan fingerprint density at radius 3 is 2.76 bits per heavy atom. The van der Waals surface area contributed by atoms with Crippen LogP contribution in [0.15, 0.2) is 45.6 Å². The van der Waals surface area contributed by atoms with E-state index in [0.717, 1.165) is 17.7 Å². The molecule has 1 aromatic heterocycles. The summed E-state index contributed by atoms with van der Waals surface area (Å²) in [6.07, 6.45) is 0.791. The van der Waals surface area contributed by atoms with Gasteiger partial charge in [-0.25, -0.2) is 4.79 Å². The number of aromatic hydroxyl groups is 1. The summed E-state index contributed by atoms with van der Waals surface area (Å²) in [7, 11) is 0. The van der Waals surface area contributed by atoms with Gasteiger partial charge in [0.05, 0.1) is 16.9 Å². The van der Waals surface area contributed by atoms with Crippen molar-refractivity contribution in [2.75, 3.05) is 17.6 Å². The number of H-pyrrole nitrogens is 1. The first kappa shape index (κ1) is 13.1. The van der Waals surface area contributed by atoms with Gasteiger partial charge in [-0.15, -0.1) is 0 Å². The number of nitrogens with one attached hydrogen (secondary N) is 2. The standard InChI is InChI=1S/C15H15N3O3/c16-11-7-14-13(18-15(20)21-14)8-12(11)17-6-5-9-1-3-10(19)4-2-9/h1-4,7-8,17,19H,5-6,16H2,(H,18,20). The number of anilines is 2. The Morgan fingerprint density at radius 1 is 1.24 bits per heavy atom. The van der Waals surface area contributed by atoms with Crippen LogP contribution in [0.3, 0.4) is 0 Å². The molecule has 3 rings (SSSR count). The first-order valence-electron chi connectivity index (χ1n) is 6.56. The maximum atomic E-state index is 11.1. The smallest absolute Gasteiger partial charge is 0.417 e. The highest BCUT2D eigenvalue weighted by Gasteiger charge is 2.06. The fourth-order valence-corrected chi connectivity index (χ4v) is 2.17. The van der Waals surface area contributed by atoms with E-state index in [2.05, 4.69) is 10.3 Å². The zero-order valence-corrected chi connectivity index (χ0v) is 11.2. The molecule has 0 fully saturated rings. The molecule has 0 bridgehead atoms. The number of phenols is 1. The molecule has 6 nitrogen and oxygen atoms in total. The molecule has 0 atom stereocenters. The second kappa shape index (κ2) is 5.24. The van der Waals surface area contributed by atoms with Crippen molar-refractivity contribution >= 4 is 22.5 Å². The molecule has 0 radical (unpaired) electrons. The third-order valence-electron chi connectivity index (χ3n) is 3.26.